The Morgan fingerprint density at radius 2 is 2.25 bits per heavy atom. The highest BCUT2D eigenvalue weighted by molar-refractivity contribution is 7.13. The quantitative estimate of drug-likeness (QED) is 0.746. The van der Waals surface area contributed by atoms with E-state index in [1.807, 2.05) is 35.1 Å². The number of aromatic nitrogens is 3. The fraction of sp³-hybridized carbons (Fsp3) is 0.294. The Bertz CT molecular complexity index is 816. The second-order valence-electron chi connectivity index (χ2n) is 5.72. The molecule has 6 nitrogen and oxygen atoms in total. The molecule has 0 amide bonds. The number of hydrogen-bond donors (Lipinski definition) is 1. The second-order valence-corrected chi connectivity index (χ2v) is 6.58. The number of nitrogens with zero attached hydrogens (tertiary/aromatic N) is 3. The maximum absolute atomic E-state index is 5.43. The van der Waals surface area contributed by atoms with E-state index in [1.54, 1.807) is 17.5 Å². The van der Waals surface area contributed by atoms with Crippen LogP contribution in [0, 0.1) is 0 Å². The van der Waals surface area contributed by atoms with Gasteiger partial charge in [0.25, 0.3) is 0 Å². The molecule has 1 aliphatic rings. The molecule has 0 saturated carbocycles. The maximum Gasteiger partial charge on any atom is 0.231 e. The van der Waals surface area contributed by atoms with E-state index in [0.717, 1.165) is 40.9 Å². The van der Waals surface area contributed by atoms with E-state index in [2.05, 4.69) is 22.7 Å². The molecule has 0 spiro atoms. The van der Waals surface area contributed by atoms with Crippen molar-refractivity contribution in [2.45, 2.75) is 26.1 Å². The summed E-state index contributed by atoms with van der Waals surface area (Å²) in [4.78, 5) is 4.71. The van der Waals surface area contributed by atoms with Crippen LogP contribution in [0.5, 0.6) is 11.5 Å². The lowest BCUT2D eigenvalue weighted by atomic mass is 10.2. The zero-order chi connectivity index (χ0) is 16.4. The minimum Gasteiger partial charge on any atom is -0.454 e. The first-order valence-corrected chi connectivity index (χ1v) is 8.71. The fourth-order valence-electron chi connectivity index (χ4n) is 2.58. The van der Waals surface area contributed by atoms with Gasteiger partial charge in [0.05, 0.1) is 12.2 Å². The van der Waals surface area contributed by atoms with Crippen LogP contribution in [0.15, 0.2) is 42.0 Å². The van der Waals surface area contributed by atoms with Crippen molar-refractivity contribution >= 4 is 11.3 Å². The molecule has 0 aliphatic carbocycles. The minimum absolute atomic E-state index is 0.292. The van der Waals surface area contributed by atoms with Gasteiger partial charge in [-0.3, -0.25) is 4.68 Å². The van der Waals surface area contributed by atoms with Crippen molar-refractivity contribution in [3.63, 3.8) is 0 Å². The molecule has 24 heavy (non-hydrogen) atoms. The second kappa shape index (κ2) is 6.62. The van der Waals surface area contributed by atoms with E-state index in [0.29, 0.717) is 12.8 Å². The van der Waals surface area contributed by atoms with E-state index in [-0.39, 0.29) is 0 Å². The summed E-state index contributed by atoms with van der Waals surface area (Å²) in [5.74, 6) is 1.58. The van der Waals surface area contributed by atoms with Gasteiger partial charge in [0.15, 0.2) is 11.5 Å². The lowest BCUT2D eigenvalue weighted by Crippen LogP contribution is -2.30. The van der Waals surface area contributed by atoms with E-state index < -0.39 is 0 Å². The number of nitrogens with one attached hydrogen (secondary N) is 1. The van der Waals surface area contributed by atoms with E-state index >= 15 is 0 Å². The first-order chi connectivity index (χ1) is 11.8. The lowest BCUT2D eigenvalue weighted by molar-refractivity contribution is 0.174. The Hall–Kier alpha value is -2.38. The molecular weight excluding hydrogens is 324 g/mol. The van der Waals surface area contributed by atoms with Gasteiger partial charge in [0.2, 0.25) is 6.79 Å². The van der Waals surface area contributed by atoms with Crippen LogP contribution in [-0.4, -0.2) is 27.6 Å². The molecule has 1 aliphatic heterocycles. The van der Waals surface area contributed by atoms with Crippen molar-refractivity contribution in [1.82, 2.24) is 20.1 Å². The number of ether oxygens (including phenoxy) is 2. The number of rotatable bonds is 6. The maximum atomic E-state index is 5.43. The molecule has 1 atom stereocenters. The van der Waals surface area contributed by atoms with Crippen LogP contribution in [0.25, 0.3) is 10.6 Å². The molecule has 1 N–H and O–H groups in total. The van der Waals surface area contributed by atoms with E-state index in [4.69, 9.17) is 14.5 Å². The number of fused-ring (bicyclic) bond motifs is 1. The minimum atomic E-state index is 0.292. The highest BCUT2D eigenvalue weighted by Crippen LogP contribution is 2.36. The van der Waals surface area contributed by atoms with E-state index in [9.17, 15) is 0 Å². The molecule has 0 bridgehead atoms. The molecule has 0 radical (unpaired) electrons. The molecule has 4 rings (SSSR count). The number of thiazole rings is 1. The molecule has 2 aromatic heterocycles. The topological polar surface area (TPSA) is 61.2 Å². The Labute approximate surface area is 144 Å². The SMILES string of the molecule is CC(Cn1cccn1)NCc1csc(-c2ccc3c(c2)OCO3)n1. The van der Waals surface area contributed by atoms with Crippen LogP contribution < -0.4 is 14.8 Å². The monoisotopic (exact) mass is 342 g/mol. The zero-order valence-corrected chi connectivity index (χ0v) is 14.1. The fourth-order valence-corrected chi connectivity index (χ4v) is 3.40. The first kappa shape index (κ1) is 15.2. The summed E-state index contributed by atoms with van der Waals surface area (Å²) in [5.41, 5.74) is 2.10. The van der Waals surface area contributed by atoms with Crippen LogP contribution in [0.4, 0.5) is 0 Å². The van der Waals surface area contributed by atoms with Gasteiger partial charge in [0.1, 0.15) is 5.01 Å². The average Bonchev–Trinajstić information content (AvgIpc) is 3.33. The van der Waals surface area contributed by atoms with Crippen LogP contribution in [0.2, 0.25) is 0 Å². The molecule has 124 valence electrons. The highest BCUT2D eigenvalue weighted by Gasteiger charge is 2.15. The summed E-state index contributed by atoms with van der Waals surface area (Å²) in [6.07, 6.45) is 3.77. The number of benzene rings is 1. The Morgan fingerprint density at radius 3 is 3.12 bits per heavy atom. The normalized spacial score (nSPS) is 14.0. The van der Waals surface area contributed by atoms with Crippen molar-refractivity contribution in [2.24, 2.45) is 0 Å². The van der Waals surface area contributed by atoms with Crippen LogP contribution >= 0.6 is 11.3 Å². The third-order valence-electron chi connectivity index (χ3n) is 3.82. The predicted octanol–water partition coefficient (Wildman–Crippen LogP) is 2.91. The van der Waals surface area contributed by atoms with Gasteiger partial charge in [0, 0.05) is 35.9 Å². The third kappa shape index (κ3) is 3.27. The van der Waals surface area contributed by atoms with Crippen molar-refractivity contribution in [1.29, 1.82) is 0 Å². The molecule has 1 unspecified atom stereocenters. The Kier molecular flexibility index (Phi) is 4.18. The summed E-state index contributed by atoms with van der Waals surface area (Å²) in [6.45, 7) is 4.02. The average molecular weight is 342 g/mol. The smallest absolute Gasteiger partial charge is 0.231 e. The molecule has 1 aromatic carbocycles. The van der Waals surface area contributed by atoms with Gasteiger partial charge in [-0.2, -0.15) is 5.10 Å². The van der Waals surface area contributed by atoms with Crippen molar-refractivity contribution in [3.8, 4) is 22.1 Å². The standard InChI is InChI=1S/C17H18N4O2S/c1-12(9-21-6-2-5-19-21)18-8-14-10-24-17(20-14)13-3-4-15-16(7-13)23-11-22-15/h2-7,10,12,18H,8-9,11H2,1H3. The molecule has 7 heteroatoms. The lowest BCUT2D eigenvalue weighted by Gasteiger charge is -2.12. The molecule has 0 saturated heterocycles. The Morgan fingerprint density at radius 1 is 1.33 bits per heavy atom. The van der Waals surface area contributed by atoms with Gasteiger partial charge in [-0.1, -0.05) is 0 Å². The highest BCUT2D eigenvalue weighted by atomic mass is 32.1. The summed E-state index contributed by atoms with van der Waals surface area (Å²) in [5, 5.41) is 10.8. The molecule has 3 heterocycles. The van der Waals surface area contributed by atoms with Crippen molar-refractivity contribution in [2.75, 3.05) is 6.79 Å². The molecule has 0 fully saturated rings. The largest absolute Gasteiger partial charge is 0.454 e. The van der Waals surface area contributed by atoms with Gasteiger partial charge >= 0.3 is 0 Å². The van der Waals surface area contributed by atoms with Crippen LogP contribution in [0.3, 0.4) is 0 Å². The summed E-state index contributed by atoms with van der Waals surface area (Å²) in [7, 11) is 0. The van der Waals surface area contributed by atoms with Crippen LogP contribution in [-0.2, 0) is 13.1 Å². The summed E-state index contributed by atoms with van der Waals surface area (Å²) >= 11 is 1.64. The first-order valence-electron chi connectivity index (χ1n) is 7.83. The summed E-state index contributed by atoms with van der Waals surface area (Å²) < 4.78 is 12.7. The molecular formula is C17H18N4O2S. The van der Waals surface area contributed by atoms with Crippen LogP contribution in [0.1, 0.15) is 12.6 Å². The predicted molar refractivity (Wildman–Crippen MR) is 92.2 cm³/mol. The van der Waals surface area contributed by atoms with Gasteiger partial charge in [-0.05, 0) is 31.2 Å². The van der Waals surface area contributed by atoms with Gasteiger partial charge < -0.3 is 14.8 Å². The van der Waals surface area contributed by atoms with Gasteiger partial charge in [-0.15, -0.1) is 11.3 Å². The number of hydrogen-bond acceptors (Lipinski definition) is 6. The Balaban J connectivity index is 1.38. The van der Waals surface area contributed by atoms with Crippen molar-refractivity contribution < 1.29 is 9.47 Å². The zero-order valence-electron chi connectivity index (χ0n) is 13.3. The van der Waals surface area contributed by atoms with Crippen molar-refractivity contribution in [3.05, 3.63) is 47.7 Å². The van der Waals surface area contributed by atoms with E-state index in [1.165, 1.54) is 0 Å². The third-order valence-corrected chi connectivity index (χ3v) is 4.76. The molecule has 3 aromatic rings. The summed E-state index contributed by atoms with van der Waals surface area (Å²) in [6, 6.07) is 8.19. The van der Waals surface area contributed by atoms with Gasteiger partial charge in [-0.25, -0.2) is 4.98 Å².